The Labute approximate surface area is 238 Å². The highest BCUT2D eigenvalue weighted by molar-refractivity contribution is 8.76. The summed E-state index contributed by atoms with van der Waals surface area (Å²) in [5.41, 5.74) is 0.480. The van der Waals surface area contributed by atoms with Crippen molar-refractivity contribution in [2.45, 2.75) is 87.2 Å². The minimum Gasteiger partial charge on any atom is -0.414 e. The molecule has 2 aromatic heterocycles. The summed E-state index contributed by atoms with van der Waals surface area (Å²) in [5.74, 6) is 0. The normalized spacial score (nSPS) is 19.9. The molecule has 1 N–H and O–H groups in total. The van der Waals surface area contributed by atoms with Crippen LogP contribution >= 0.6 is 21.6 Å². The molecule has 0 bridgehead atoms. The van der Waals surface area contributed by atoms with Crippen LogP contribution in [0.2, 0.25) is 18.1 Å². The van der Waals surface area contributed by atoms with Crippen molar-refractivity contribution in [2.75, 3.05) is 6.61 Å². The third-order valence-electron chi connectivity index (χ3n) is 7.42. The Bertz CT molecular complexity index is 1390. The molecule has 0 saturated carbocycles. The van der Waals surface area contributed by atoms with Gasteiger partial charge in [0.2, 0.25) is 0 Å². The number of ether oxygens (including phenoxy) is 1. The van der Waals surface area contributed by atoms with Crippen LogP contribution in [0, 0.1) is 6.92 Å². The summed E-state index contributed by atoms with van der Waals surface area (Å²) >= 11 is 0. The third-order valence-corrected chi connectivity index (χ3v) is 14.2. The van der Waals surface area contributed by atoms with Gasteiger partial charge < -0.3 is 14.3 Å². The molecule has 1 unspecified atom stereocenters. The SMILES string of the molecule is Cc1cn([C@H]2CC(O)[C@@H](CO[Si](C)(C)C(C)(C)C)O2)c(=O)n(Cc2ccc(SSc3ccccn3)cc2)c1=O. The van der Waals surface area contributed by atoms with Gasteiger partial charge in [0.1, 0.15) is 17.4 Å². The molecule has 4 rings (SSSR count). The first kappa shape index (κ1) is 29.8. The Morgan fingerprint density at radius 1 is 1.13 bits per heavy atom. The second-order valence-electron chi connectivity index (χ2n) is 11.4. The van der Waals surface area contributed by atoms with E-state index in [0.29, 0.717) is 5.56 Å². The van der Waals surface area contributed by atoms with Gasteiger partial charge in [-0.15, -0.1) is 0 Å². The number of pyridine rings is 1. The molecule has 0 spiro atoms. The van der Waals surface area contributed by atoms with Crippen molar-refractivity contribution in [3.05, 3.63) is 86.8 Å². The highest BCUT2D eigenvalue weighted by Crippen LogP contribution is 2.38. The van der Waals surface area contributed by atoms with Crippen molar-refractivity contribution in [3.63, 3.8) is 0 Å². The number of aliphatic hydroxyl groups excluding tert-OH is 1. The van der Waals surface area contributed by atoms with Gasteiger partial charge in [-0.25, -0.2) is 9.78 Å². The molecule has 0 radical (unpaired) electrons. The highest BCUT2D eigenvalue weighted by Gasteiger charge is 2.41. The molecule has 3 aromatic rings. The fourth-order valence-electron chi connectivity index (χ4n) is 3.97. The van der Waals surface area contributed by atoms with Gasteiger partial charge in [0.15, 0.2) is 8.32 Å². The van der Waals surface area contributed by atoms with Gasteiger partial charge in [-0.05, 0) is 65.7 Å². The van der Waals surface area contributed by atoms with E-state index in [1.165, 1.54) is 15.3 Å². The molecule has 1 fully saturated rings. The maximum atomic E-state index is 13.4. The largest absolute Gasteiger partial charge is 0.414 e. The zero-order valence-corrected chi connectivity index (χ0v) is 25.9. The van der Waals surface area contributed by atoms with E-state index in [0.717, 1.165) is 15.5 Å². The Balaban J connectivity index is 1.46. The summed E-state index contributed by atoms with van der Waals surface area (Å²) in [5, 5.41) is 11.7. The summed E-state index contributed by atoms with van der Waals surface area (Å²) in [6, 6.07) is 13.6. The molecule has 8 nitrogen and oxygen atoms in total. The third kappa shape index (κ3) is 7.14. The minimum absolute atomic E-state index is 0.0360. The van der Waals surface area contributed by atoms with Gasteiger partial charge in [0.25, 0.3) is 5.56 Å². The first-order chi connectivity index (χ1) is 18.4. The van der Waals surface area contributed by atoms with Gasteiger partial charge >= 0.3 is 5.69 Å². The average molecular weight is 588 g/mol. The van der Waals surface area contributed by atoms with Crippen molar-refractivity contribution >= 4 is 29.9 Å². The molecule has 210 valence electrons. The van der Waals surface area contributed by atoms with Crippen LogP contribution in [0.1, 0.15) is 44.5 Å². The smallest absolute Gasteiger partial charge is 0.333 e. The molecule has 3 atom stereocenters. The van der Waals surface area contributed by atoms with E-state index in [1.54, 1.807) is 34.7 Å². The summed E-state index contributed by atoms with van der Waals surface area (Å²) in [6.07, 6.45) is 1.58. The maximum absolute atomic E-state index is 13.4. The molecular weight excluding hydrogens is 551 g/mol. The first-order valence-electron chi connectivity index (χ1n) is 13.0. The van der Waals surface area contributed by atoms with Crippen LogP contribution < -0.4 is 11.2 Å². The van der Waals surface area contributed by atoms with Crippen LogP contribution in [0.3, 0.4) is 0 Å². The standard InChI is InChI=1S/C28H37N3O5S2Si/c1-19-16-30(25-15-22(32)23(36-25)18-35-39(5,6)28(2,3)4)27(34)31(26(19)33)17-20-10-12-21(13-11-20)37-38-24-9-7-8-14-29-24/h7-14,16,22-23,25,32H,15,17-18H2,1-6H3/t22?,23-,25-/m1/s1. The number of aliphatic hydroxyl groups is 1. The number of hydrogen-bond donors (Lipinski definition) is 1. The molecule has 39 heavy (non-hydrogen) atoms. The Hall–Kier alpha value is -2.15. The van der Waals surface area contributed by atoms with Crippen molar-refractivity contribution < 1.29 is 14.3 Å². The van der Waals surface area contributed by atoms with Gasteiger partial charge in [0, 0.05) is 29.3 Å². The second-order valence-corrected chi connectivity index (χ2v) is 18.4. The van der Waals surface area contributed by atoms with Crippen LogP contribution in [0.4, 0.5) is 0 Å². The molecular formula is C28H37N3O5S2Si. The van der Waals surface area contributed by atoms with Gasteiger partial charge in [-0.2, -0.15) is 0 Å². The van der Waals surface area contributed by atoms with Crippen LogP contribution in [-0.4, -0.2) is 46.4 Å². The monoisotopic (exact) mass is 587 g/mol. The number of benzene rings is 1. The molecule has 0 aliphatic carbocycles. The lowest BCUT2D eigenvalue weighted by atomic mass is 10.2. The second kappa shape index (κ2) is 12.2. The zero-order chi connectivity index (χ0) is 28.4. The van der Waals surface area contributed by atoms with Crippen LogP contribution in [-0.2, 0) is 15.7 Å². The number of aromatic nitrogens is 3. The van der Waals surface area contributed by atoms with E-state index >= 15 is 0 Å². The zero-order valence-electron chi connectivity index (χ0n) is 23.3. The quantitative estimate of drug-likeness (QED) is 0.269. The lowest BCUT2D eigenvalue weighted by molar-refractivity contribution is -0.0437. The minimum atomic E-state index is -2.02. The Morgan fingerprint density at radius 2 is 1.85 bits per heavy atom. The first-order valence-corrected chi connectivity index (χ1v) is 18.1. The fraction of sp³-hybridized carbons (Fsp3) is 0.464. The van der Waals surface area contributed by atoms with E-state index in [4.69, 9.17) is 9.16 Å². The molecule has 3 heterocycles. The summed E-state index contributed by atoms with van der Waals surface area (Å²) in [7, 11) is 1.14. The van der Waals surface area contributed by atoms with Crippen LogP contribution in [0.5, 0.6) is 0 Å². The number of nitrogens with zero attached hydrogens (tertiary/aromatic N) is 3. The summed E-state index contributed by atoms with van der Waals surface area (Å²) in [6.45, 7) is 12.9. The van der Waals surface area contributed by atoms with Gasteiger partial charge in [-0.1, -0.05) is 49.8 Å². The van der Waals surface area contributed by atoms with E-state index < -0.39 is 32.4 Å². The van der Waals surface area contributed by atoms with Crippen LogP contribution in [0.25, 0.3) is 0 Å². The topological polar surface area (TPSA) is 95.6 Å². The molecule has 11 heteroatoms. The predicted octanol–water partition coefficient (Wildman–Crippen LogP) is 5.23. The van der Waals surface area contributed by atoms with E-state index in [2.05, 4.69) is 38.8 Å². The Kier molecular flexibility index (Phi) is 9.29. The Morgan fingerprint density at radius 3 is 2.49 bits per heavy atom. The van der Waals surface area contributed by atoms with Crippen LogP contribution in [0.15, 0.2) is 74.4 Å². The number of rotatable bonds is 9. The molecule has 1 aromatic carbocycles. The predicted molar refractivity (Wildman–Crippen MR) is 159 cm³/mol. The maximum Gasteiger partial charge on any atom is 0.333 e. The van der Waals surface area contributed by atoms with Crippen molar-refractivity contribution in [3.8, 4) is 0 Å². The number of aryl methyl sites for hydroxylation is 1. The lowest BCUT2D eigenvalue weighted by Crippen LogP contribution is -2.44. The molecule has 1 aliphatic rings. The van der Waals surface area contributed by atoms with E-state index in [-0.39, 0.29) is 30.2 Å². The van der Waals surface area contributed by atoms with Crippen molar-refractivity contribution in [1.82, 2.24) is 14.1 Å². The molecule has 1 aliphatic heterocycles. The summed E-state index contributed by atoms with van der Waals surface area (Å²) < 4.78 is 15.0. The highest BCUT2D eigenvalue weighted by atomic mass is 33.1. The van der Waals surface area contributed by atoms with Crippen molar-refractivity contribution in [1.29, 1.82) is 0 Å². The summed E-state index contributed by atoms with van der Waals surface area (Å²) in [4.78, 5) is 31.8. The molecule has 1 saturated heterocycles. The van der Waals surface area contributed by atoms with Crippen molar-refractivity contribution in [2.24, 2.45) is 0 Å². The van der Waals surface area contributed by atoms with Gasteiger partial charge in [-0.3, -0.25) is 13.9 Å². The van der Waals surface area contributed by atoms with Gasteiger partial charge in [0.05, 0.1) is 19.3 Å². The van der Waals surface area contributed by atoms with E-state index in [1.807, 2.05) is 42.5 Å². The lowest BCUT2D eigenvalue weighted by Gasteiger charge is -2.37. The fourth-order valence-corrected chi connectivity index (χ4v) is 6.82. The van der Waals surface area contributed by atoms with E-state index in [9.17, 15) is 14.7 Å². The number of hydrogen-bond acceptors (Lipinski definition) is 8. The average Bonchev–Trinajstić information content (AvgIpc) is 3.27. The molecule has 0 amide bonds.